The van der Waals surface area contributed by atoms with Gasteiger partial charge in [-0.25, -0.2) is 4.39 Å². The van der Waals surface area contributed by atoms with Crippen LogP contribution in [0.4, 0.5) is 4.39 Å². The molecule has 6 heteroatoms. The van der Waals surface area contributed by atoms with Crippen LogP contribution in [-0.2, 0) is 0 Å². The fourth-order valence-electron chi connectivity index (χ4n) is 2.06. The molecule has 1 N–H and O–H groups in total. The topological polar surface area (TPSA) is 56.8 Å². The van der Waals surface area contributed by atoms with E-state index in [0.29, 0.717) is 17.2 Å². The number of amides is 1. The molecule has 0 spiro atoms. The molecule has 0 unspecified atom stereocenters. The second-order valence-corrected chi connectivity index (χ2v) is 4.85. The molecule has 0 bridgehead atoms. The zero-order valence-electron chi connectivity index (χ0n) is 12.7. The van der Waals surface area contributed by atoms with Gasteiger partial charge >= 0.3 is 0 Å². The first-order chi connectivity index (χ1) is 11.7. The number of benzene rings is 2. The van der Waals surface area contributed by atoms with Gasteiger partial charge in [0.1, 0.15) is 18.2 Å². The Labute approximate surface area is 138 Å². The fraction of sp³-hybridized carbons (Fsp3) is 0.167. The van der Waals surface area contributed by atoms with Crippen LogP contribution in [0.3, 0.4) is 0 Å². The second kappa shape index (κ2) is 7.38. The van der Waals surface area contributed by atoms with Gasteiger partial charge in [0, 0.05) is 11.6 Å². The molecule has 0 fully saturated rings. The lowest BCUT2D eigenvalue weighted by molar-refractivity contribution is 0.0958. The lowest BCUT2D eigenvalue weighted by atomic mass is 10.2. The van der Waals surface area contributed by atoms with E-state index in [1.54, 1.807) is 18.2 Å². The summed E-state index contributed by atoms with van der Waals surface area (Å²) in [7, 11) is 0. The number of hydrogen-bond donors (Lipinski definition) is 1. The number of fused-ring (bicyclic) bond motifs is 1. The molecule has 24 heavy (non-hydrogen) atoms. The van der Waals surface area contributed by atoms with Crippen molar-refractivity contribution in [3.63, 3.8) is 0 Å². The van der Waals surface area contributed by atoms with Crippen molar-refractivity contribution in [2.45, 2.75) is 0 Å². The Bertz CT molecular complexity index is 810. The summed E-state index contributed by atoms with van der Waals surface area (Å²) in [5.41, 5.74) is 0.258. The second-order valence-electron chi connectivity index (χ2n) is 4.85. The molecule has 2 aromatic rings. The predicted molar refractivity (Wildman–Crippen MR) is 84.6 cm³/mol. The molecule has 0 saturated heterocycles. The van der Waals surface area contributed by atoms with E-state index in [1.165, 1.54) is 24.3 Å². The molecule has 0 aromatic heterocycles. The highest BCUT2D eigenvalue weighted by atomic mass is 19.1. The maximum atomic E-state index is 13.0. The van der Waals surface area contributed by atoms with E-state index in [2.05, 4.69) is 17.2 Å². The number of carbonyl (C=O) groups is 1. The van der Waals surface area contributed by atoms with Crippen molar-refractivity contribution in [3.05, 3.63) is 53.8 Å². The van der Waals surface area contributed by atoms with Crippen LogP contribution >= 0.6 is 0 Å². The highest BCUT2D eigenvalue weighted by Gasteiger charge is 2.13. The molecule has 5 nitrogen and oxygen atoms in total. The molecule has 1 aliphatic rings. The molecule has 1 heterocycles. The lowest BCUT2D eigenvalue weighted by Gasteiger charge is -2.03. The fourth-order valence-corrected chi connectivity index (χ4v) is 2.06. The third kappa shape index (κ3) is 3.96. The van der Waals surface area contributed by atoms with Crippen molar-refractivity contribution in [2.24, 2.45) is 0 Å². The Morgan fingerprint density at radius 2 is 2.04 bits per heavy atom. The number of halogens is 1. The monoisotopic (exact) mass is 327 g/mol. The maximum absolute atomic E-state index is 13.0. The standard InChI is InChI=1S/C18H14FNO4/c19-14-5-3-4-13(10-14)18(21)20-8-1-2-9-22-15-6-7-16-17(11-15)24-12-23-16/h3-7,10-11H,8-9,12H2,(H,20,21). The van der Waals surface area contributed by atoms with E-state index < -0.39 is 5.82 Å². The van der Waals surface area contributed by atoms with Crippen molar-refractivity contribution >= 4 is 5.91 Å². The van der Waals surface area contributed by atoms with Crippen molar-refractivity contribution in [1.29, 1.82) is 0 Å². The highest BCUT2D eigenvalue weighted by Crippen LogP contribution is 2.34. The van der Waals surface area contributed by atoms with Gasteiger partial charge in [0.25, 0.3) is 5.91 Å². The minimum Gasteiger partial charge on any atom is -0.481 e. The number of nitrogens with one attached hydrogen (secondary N) is 1. The van der Waals surface area contributed by atoms with Gasteiger partial charge in [0.2, 0.25) is 6.79 Å². The number of carbonyl (C=O) groups excluding carboxylic acids is 1. The van der Waals surface area contributed by atoms with Crippen LogP contribution in [0.2, 0.25) is 0 Å². The zero-order chi connectivity index (χ0) is 16.8. The molecule has 0 radical (unpaired) electrons. The smallest absolute Gasteiger partial charge is 0.252 e. The third-order valence-electron chi connectivity index (χ3n) is 3.20. The summed E-state index contributed by atoms with van der Waals surface area (Å²) in [6.45, 7) is 0.541. The molecule has 0 aliphatic carbocycles. The van der Waals surface area contributed by atoms with Gasteiger partial charge in [-0.3, -0.25) is 4.79 Å². The van der Waals surface area contributed by atoms with Gasteiger partial charge in [-0.1, -0.05) is 17.9 Å². The summed E-state index contributed by atoms with van der Waals surface area (Å²) in [6.07, 6.45) is 0. The lowest BCUT2D eigenvalue weighted by Crippen LogP contribution is -2.23. The average Bonchev–Trinajstić information content (AvgIpc) is 3.05. The van der Waals surface area contributed by atoms with Crippen LogP contribution in [0.5, 0.6) is 17.2 Å². The van der Waals surface area contributed by atoms with Gasteiger partial charge in [-0.2, -0.15) is 0 Å². The number of rotatable bonds is 4. The Balaban J connectivity index is 1.43. The van der Waals surface area contributed by atoms with E-state index in [0.717, 1.165) is 0 Å². The van der Waals surface area contributed by atoms with Gasteiger partial charge < -0.3 is 19.5 Å². The van der Waals surface area contributed by atoms with Crippen molar-refractivity contribution in [2.75, 3.05) is 19.9 Å². The molecule has 2 aromatic carbocycles. The van der Waals surface area contributed by atoms with Crippen LogP contribution in [-0.4, -0.2) is 25.9 Å². The third-order valence-corrected chi connectivity index (χ3v) is 3.20. The first kappa shape index (κ1) is 15.7. The van der Waals surface area contributed by atoms with Crippen molar-refractivity contribution < 1.29 is 23.4 Å². The van der Waals surface area contributed by atoms with Crippen LogP contribution in [0.1, 0.15) is 10.4 Å². The summed E-state index contributed by atoms with van der Waals surface area (Å²) in [5.74, 6) is 6.68. The number of ether oxygens (including phenoxy) is 3. The molecule has 1 amide bonds. The van der Waals surface area contributed by atoms with Crippen LogP contribution in [0.15, 0.2) is 42.5 Å². The number of hydrogen-bond acceptors (Lipinski definition) is 4. The molecule has 3 rings (SSSR count). The zero-order valence-corrected chi connectivity index (χ0v) is 12.7. The van der Waals surface area contributed by atoms with Crippen LogP contribution < -0.4 is 19.5 Å². The SMILES string of the molecule is O=C(NCC#CCOc1ccc2c(c1)OCO2)c1cccc(F)c1. The first-order valence-corrected chi connectivity index (χ1v) is 7.24. The highest BCUT2D eigenvalue weighted by molar-refractivity contribution is 5.94. The molecule has 0 atom stereocenters. The van der Waals surface area contributed by atoms with Crippen molar-refractivity contribution in [1.82, 2.24) is 5.32 Å². The Morgan fingerprint density at radius 3 is 2.92 bits per heavy atom. The van der Waals surface area contributed by atoms with Crippen LogP contribution in [0, 0.1) is 17.7 Å². The van der Waals surface area contributed by atoms with E-state index in [1.807, 2.05) is 0 Å². The van der Waals surface area contributed by atoms with Crippen molar-refractivity contribution in [3.8, 4) is 29.1 Å². The minimum atomic E-state index is -0.453. The summed E-state index contributed by atoms with van der Waals surface area (Å²) in [5, 5.41) is 2.59. The van der Waals surface area contributed by atoms with E-state index in [-0.39, 0.29) is 31.4 Å². The van der Waals surface area contributed by atoms with E-state index in [9.17, 15) is 9.18 Å². The largest absolute Gasteiger partial charge is 0.481 e. The normalized spacial score (nSPS) is 11.4. The summed E-state index contributed by atoms with van der Waals surface area (Å²) in [4.78, 5) is 11.8. The summed E-state index contributed by atoms with van der Waals surface area (Å²) < 4.78 is 28.9. The van der Waals surface area contributed by atoms with Gasteiger partial charge in [0.15, 0.2) is 11.5 Å². The summed E-state index contributed by atoms with van der Waals surface area (Å²) >= 11 is 0. The molecule has 122 valence electrons. The summed E-state index contributed by atoms with van der Waals surface area (Å²) in [6, 6.07) is 10.7. The molecular formula is C18H14FNO4. The maximum Gasteiger partial charge on any atom is 0.252 e. The molecular weight excluding hydrogens is 313 g/mol. The Morgan fingerprint density at radius 1 is 1.17 bits per heavy atom. The van der Waals surface area contributed by atoms with Crippen LogP contribution in [0.25, 0.3) is 0 Å². The van der Waals surface area contributed by atoms with Gasteiger partial charge in [-0.05, 0) is 30.3 Å². The predicted octanol–water partition coefficient (Wildman–Crippen LogP) is 2.37. The molecule has 1 aliphatic heterocycles. The van der Waals surface area contributed by atoms with E-state index in [4.69, 9.17) is 14.2 Å². The average molecular weight is 327 g/mol. The Hall–Kier alpha value is -3.20. The van der Waals surface area contributed by atoms with E-state index >= 15 is 0 Å². The molecule has 0 saturated carbocycles. The Kier molecular flexibility index (Phi) is 4.82. The first-order valence-electron chi connectivity index (χ1n) is 7.24. The van der Waals surface area contributed by atoms with Gasteiger partial charge in [0.05, 0.1) is 6.54 Å². The minimum absolute atomic E-state index is 0.153. The van der Waals surface area contributed by atoms with Gasteiger partial charge in [-0.15, -0.1) is 0 Å². The quantitative estimate of drug-likeness (QED) is 0.876.